The first-order valence-electron chi connectivity index (χ1n) is 5.89. The summed E-state index contributed by atoms with van der Waals surface area (Å²) in [6.07, 6.45) is 0. The number of hydrogen-bond donors (Lipinski definition) is 1. The highest BCUT2D eigenvalue weighted by molar-refractivity contribution is 5.42. The minimum atomic E-state index is 0.678. The zero-order valence-corrected chi connectivity index (χ0v) is 11.1. The van der Waals surface area contributed by atoms with Gasteiger partial charge in [-0.25, -0.2) is 0 Å². The molecular formula is C14H23NO. The molecule has 0 spiro atoms. The summed E-state index contributed by atoms with van der Waals surface area (Å²) >= 11 is 0. The van der Waals surface area contributed by atoms with E-state index in [4.69, 9.17) is 4.74 Å². The molecule has 0 unspecified atom stereocenters. The van der Waals surface area contributed by atoms with Crippen LogP contribution in [0.4, 0.5) is 0 Å². The van der Waals surface area contributed by atoms with Gasteiger partial charge in [-0.2, -0.15) is 0 Å². The second-order valence-electron chi connectivity index (χ2n) is 4.79. The molecule has 0 aromatic heterocycles. The molecule has 2 nitrogen and oxygen atoms in total. The van der Waals surface area contributed by atoms with E-state index in [2.05, 4.69) is 45.1 Å². The van der Waals surface area contributed by atoms with Crippen LogP contribution in [0, 0.1) is 19.8 Å². The number of aryl methyl sites for hydroxylation is 2. The van der Waals surface area contributed by atoms with E-state index in [1.165, 1.54) is 16.7 Å². The normalized spacial score (nSPS) is 10.9. The molecule has 1 aromatic rings. The predicted molar refractivity (Wildman–Crippen MR) is 69.0 cm³/mol. The van der Waals surface area contributed by atoms with E-state index < -0.39 is 0 Å². The van der Waals surface area contributed by atoms with Gasteiger partial charge in [0.25, 0.3) is 0 Å². The lowest BCUT2D eigenvalue weighted by molar-refractivity contribution is 0.405. The maximum Gasteiger partial charge on any atom is 0.123 e. The molecule has 0 atom stereocenters. The Morgan fingerprint density at radius 3 is 2.50 bits per heavy atom. The zero-order valence-electron chi connectivity index (χ0n) is 11.1. The van der Waals surface area contributed by atoms with Crippen LogP contribution in [0.25, 0.3) is 0 Å². The number of benzene rings is 1. The van der Waals surface area contributed by atoms with Crippen molar-refractivity contribution in [2.45, 2.75) is 34.2 Å². The van der Waals surface area contributed by atoms with Gasteiger partial charge in [0.15, 0.2) is 0 Å². The number of ether oxygens (including phenoxy) is 1. The van der Waals surface area contributed by atoms with Gasteiger partial charge in [-0.3, -0.25) is 0 Å². The Hall–Kier alpha value is -1.02. The Kier molecular flexibility index (Phi) is 4.81. The Morgan fingerprint density at radius 2 is 1.94 bits per heavy atom. The topological polar surface area (TPSA) is 21.3 Å². The lowest BCUT2D eigenvalue weighted by Crippen LogP contribution is -2.20. The van der Waals surface area contributed by atoms with Gasteiger partial charge in [-0.15, -0.1) is 0 Å². The van der Waals surface area contributed by atoms with Gasteiger partial charge in [-0.1, -0.05) is 19.9 Å². The smallest absolute Gasteiger partial charge is 0.123 e. The van der Waals surface area contributed by atoms with Crippen LogP contribution in [-0.4, -0.2) is 13.7 Å². The molecular weight excluding hydrogens is 198 g/mol. The van der Waals surface area contributed by atoms with Gasteiger partial charge in [0.1, 0.15) is 5.75 Å². The highest BCUT2D eigenvalue weighted by atomic mass is 16.5. The van der Waals surface area contributed by atoms with E-state index in [0.717, 1.165) is 18.8 Å². The van der Waals surface area contributed by atoms with Crippen LogP contribution in [0.15, 0.2) is 12.1 Å². The first-order chi connectivity index (χ1) is 7.54. The highest BCUT2D eigenvalue weighted by Gasteiger charge is 2.07. The summed E-state index contributed by atoms with van der Waals surface area (Å²) < 4.78 is 5.42. The molecule has 1 rings (SSSR count). The van der Waals surface area contributed by atoms with Gasteiger partial charge in [0, 0.05) is 12.1 Å². The Balaban J connectivity index is 2.77. The molecule has 0 fully saturated rings. The van der Waals surface area contributed by atoms with Crippen LogP contribution in [0.5, 0.6) is 5.75 Å². The molecule has 0 aliphatic carbocycles. The highest BCUT2D eigenvalue weighted by Crippen LogP contribution is 2.23. The van der Waals surface area contributed by atoms with Gasteiger partial charge >= 0.3 is 0 Å². The molecule has 1 N–H and O–H groups in total. The standard InChI is InChI=1S/C14H23NO/c1-10(2)8-15-9-13-12(4)6-11(3)7-14(13)16-5/h6-7,10,15H,8-9H2,1-5H3. The molecule has 0 heterocycles. The van der Waals surface area contributed by atoms with Crippen LogP contribution < -0.4 is 10.1 Å². The van der Waals surface area contributed by atoms with Crippen LogP contribution in [0.2, 0.25) is 0 Å². The van der Waals surface area contributed by atoms with Gasteiger partial charge < -0.3 is 10.1 Å². The molecule has 0 radical (unpaired) electrons. The summed E-state index contributed by atoms with van der Waals surface area (Å²) in [5, 5.41) is 3.46. The molecule has 2 heteroatoms. The van der Waals surface area contributed by atoms with E-state index in [1.54, 1.807) is 7.11 Å². The number of nitrogens with one attached hydrogen (secondary N) is 1. The van der Waals surface area contributed by atoms with Gasteiger partial charge in [-0.05, 0) is 43.5 Å². The Morgan fingerprint density at radius 1 is 1.25 bits per heavy atom. The number of hydrogen-bond acceptors (Lipinski definition) is 2. The molecule has 1 aromatic carbocycles. The number of methoxy groups -OCH3 is 1. The maximum atomic E-state index is 5.42. The lowest BCUT2D eigenvalue weighted by atomic mass is 10.0. The van der Waals surface area contributed by atoms with Crippen molar-refractivity contribution in [1.29, 1.82) is 0 Å². The predicted octanol–water partition coefficient (Wildman–Crippen LogP) is 3.06. The summed E-state index contributed by atoms with van der Waals surface area (Å²) in [6.45, 7) is 10.6. The van der Waals surface area contributed by atoms with Gasteiger partial charge in [0.05, 0.1) is 7.11 Å². The van der Waals surface area contributed by atoms with Crippen molar-refractivity contribution in [3.05, 3.63) is 28.8 Å². The fourth-order valence-corrected chi connectivity index (χ4v) is 1.85. The number of rotatable bonds is 5. The van der Waals surface area contributed by atoms with Crippen LogP contribution in [0.3, 0.4) is 0 Å². The average Bonchev–Trinajstić information content (AvgIpc) is 2.20. The quantitative estimate of drug-likeness (QED) is 0.825. The van der Waals surface area contributed by atoms with Crippen LogP contribution in [-0.2, 0) is 6.54 Å². The zero-order chi connectivity index (χ0) is 12.1. The van der Waals surface area contributed by atoms with Crippen molar-refractivity contribution in [3.63, 3.8) is 0 Å². The summed E-state index contributed by atoms with van der Waals surface area (Å²) in [5.74, 6) is 1.67. The maximum absolute atomic E-state index is 5.42. The summed E-state index contributed by atoms with van der Waals surface area (Å²) in [6, 6.07) is 4.30. The first kappa shape index (κ1) is 13.0. The van der Waals surface area contributed by atoms with E-state index in [0.29, 0.717) is 5.92 Å². The molecule has 16 heavy (non-hydrogen) atoms. The van der Waals surface area contributed by atoms with E-state index in [-0.39, 0.29) is 0 Å². The fraction of sp³-hybridized carbons (Fsp3) is 0.571. The molecule has 0 saturated carbocycles. The summed E-state index contributed by atoms with van der Waals surface area (Å²) in [5.41, 5.74) is 3.82. The van der Waals surface area contributed by atoms with E-state index in [9.17, 15) is 0 Å². The molecule has 0 aliphatic heterocycles. The van der Waals surface area contributed by atoms with Crippen LogP contribution >= 0.6 is 0 Å². The fourth-order valence-electron chi connectivity index (χ4n) is 1.85. The van der Waals surface area contributed by atoms with Crippen molar-refractivity contribution >= 4 is 0 Å². The molecule has 90 valence electrons. The minimum Gasteiger partial charge on any atom is -0.496 e. The van der Waals surface area contributed by atoms with Crippen molar-refractivity contribution in [2.75, 3.05) is 13.7 Å². The van der Waals surface area contributed by atoms with Gasteiger partial charge in [0.2, 0.25) is 0 Å². The van der Waals surface area contributed by atoms with Crippen molar-refractivity contribution in [3.8, 4) is 5.75 Å². The van der Waals surface area contributed by atoms with Crippen molar-refractivity contribution in [1.82, 2.24) is 5.32 Å². The molecule has 0 bridgehead atoms. The third kappa shape index (κ3) is 3.53. The van der Waals surface area contributed by atoms with Crippen LogP contribution in [0.1, 0.15) is 30.5 Å². The van der Waals surface area contributed by atoms with Crippen molar-refractivity contribution in [2.24, 2.45) is 5.92 Å². The summed E-state index contributed by atoms with van der Waals surface area (Å²) in [7, 11) is 1.74. The Bertz CT molecular complexity index is 345. The first-order valence-corrected chi connectivity index (χ1v) is 5.89. The third-order valence-electron chi connectivity index (χ3n) is 2.65. The molecule has 0 amide bonds. The molecule has 0 aliphatic rings. The summed E-state index contributed by atoms with van der Waals surface area (Å²) in [4.78, 5) is 0. The van der Waals surface area contributed by atoms with Crippen molar-refractivity contribution < 1.29 is 4.74 Å². The minimum absolute atomic E-state index is 0.678. The average molecular weight is 221 g/mol. The molecule has 0 saturated heterocycles. The SMILES string of the molecule is COc1cc(C)cc(C)c1CNCC(C)C. The van der Waals surface area contributed by atoms with E-state index in [1.807, 2.05) is 0 Å². The lowest BCUT2D eigenvalue weighted by Gasteiger charge is -2.14. The third-order valence-corrected chi connectivity index (χ3v) is 2.65. The second kappa shape index (κ2) is 5.90. The van der Waals surface area contributed by atoms with E-state index >= 15 is 0 Å². The Labute approximate surface area is 99.0 Å². The monoisotopic (exact) mass is 221 g/mol. The largest absolute Gasteiger partial charge is 0.496 e. The second-order valence-corrected chi connectivity index (χ2v) is 4.79.